The van der Waals surface area contributed by atoms with Crippen molar-refractivity contribution < 1.29 is 34.0 Å². The average molecular weight is 455 g/mol. The maximum atomic E-state index is 12.5. The van der Waals surface area contributed by atoms with Crippen LogP contribution in [0.25, 0.3) is 6.08 Å². The van der Waals surface area contributed by atoms with Crippen LogP contribution in [0.4, 0.5) is 5.69 Å². The molecule has 2 aromatic rings. The van der Waals surface area contributed by atoms with Crippen LogP contribution >= 0.6 is 11.8 Å². The molecule has 0 saturated carbocycles. The molecule has 0 saturated heterocycles. The van der Waals surface area contributed by atoms with Gasteiger partial charge in [0.25, 0.3) is 0 Å². The Morgan fingerprint density at radius 3 is 2.53 bits per heavy atom. The number of carboxylic acid groups (broad SMARTS) is 1. The third-order valence-corrected chi connectivity index (χ3v) is 5.21. The molecule has 0 fully saturated rings. The number of thioether (sulfide) groups is 1. The van der Waals surface area contributed by atoms with Crippen LogP contribution < -0.4 is 9.47 Å². The second kappa shape index (κ2) is 10.5. The zero-order valence-corrected chi connectivity index (χ0v) is 18.2. The number of carbonyl (C=O) groups excluding carboxylic acids is 1. The van der Waals surface area contributed by atoms with E-state index in [0.29, 0.717) is 26.9 Å². The Morgan fingerprint density at radius 2 is 1.88 bits per heavy atom. The zero-order valence-electron chi connectivity index (χ0n) is 17.4. The van der Waals surface area contributed by atoms with E-state index in [1.54, 1.807) is 43.3 Å². The summed E-state index contributed by atoms with van der Waals surface area (Å²) in [6, 6.07) is 14.0. The third-order valence-electron chi connectivity index (χ3n) is 4.19. The van der Waals surface area contributed by atoms with Crippen molar-refractivity contribution >= 4 is 40.5 Å². The van der Waals surface area contributed by atoms with Crippen molar-refractivity contribution in [3.63, 3.8) is 0 Å². The van der Waals surface area contributed by atoms with Gasteiger partial charge in [0, 0.05) is 0 Å². The Balaban J connectivity index is 1.97. The number of aliphatic imine (C=N–C) groups is 1. The van der Waals surface area contributed by atoms with Crippen LogP contribution in [0.2, 0.25) is 0 Å². The van der Waals surface area contributed by atoms with E-state index in [1.165, 1.54) is 7.11 Å². The molecule has 166 valence electrons. The Morgan fingerprint density at radius 1 is 1.12 bits per heavy atom. The van der Waals surface area contributed by atoms with Gasteiger partial charge in [-0.15, -0.1) is 0 Å². The molecule has 2 aromatic carbocycles. The molecule has 8 nitrogen and oxygen atoms in total. The van der Waals surface area contributed by atoms with Crippen molar-refractivity contribution in [2.24, 2.45) is 4.99 Å². The van der Waals surface area contributed by atoms with Crippen molar-refractivity contribution in [1.29, 1.82) is 0 Å². The fourth-order valence-corrected chi connectivity index (χ4v) is 3.83. The van der Waals surface area contributed by atoms with Crippen LogP contribution in [0.1, 0.15) is 12.5 Å². The summed E-state index contributed by atoms with van der Waals surface area (Å²) in [5.41, 5.74) is 1.27. The highest BCUT2D eigenvalue weighted by Gasteiger charge is 2.33. The van der Waals surface area contributed by atoms with Gasteiger partial charge >= 0.3 is 11.9 Å². The van der Waals surface area contributed by atoms with Gasteiger partial charge in [-0.05, 0) is 42.8 Å². The molecule has 1 aliphatic rings. The molecule has 9 heteroatoms. The van der Waals surface area contributed by atoms with Gasteiger partial charge in [0.1, 0.15) is 16.4 Å². The quantitative estimate of drug-likeness (QED) is 0.565. The zero-order chi connectivity index (χ0) is 23.1. The number of nitrogens with zero attached hydrogens (tertiary/aromatic N) is 1. The first-order valence-electron chi connectivity index (χ1n) is 9.60. The van der Waals surface area contributed by atoms with E-state index in [0.717, 1.165) is 11.8 Å². The molecule has 0 aromatic heterocycles. The maximum absolute atomic E-state index is 12.5. The van der Waals surface area contributed by atoms with Crippen LogP contribution in [-0.2, 0) is 14.3 Å². The number of esters is 1. The Hall–Kier alpha value is -3.72. The van der Waals surface area contributed by atoms with Crippen molar-refractivity contribution in [1.82, 2.24) is 0 Å². The van der Waals surface area contributed by atoms with Gasteiger partial charge in [0.05, 0.1) is 24.3 Å². The fraction of sp³-hybridized carbons (Fsp3) is 0.174. The normalized spacial score (nSPS) is 15.8. The number of aliphatic carboxylic acids is 1. The van der Waals surface area contributed by atoms with E-state index in [4.69, 9.17) is 19.3 Å². The summed E-state index contributed by atoms with van der Waals surface area (Å²) in [6.45, 7) is 1.34. The molecule has 0 aliphatic carbocycles. The van der Waals surface area contributed by atoms with Crippen LogP contribution in [0, 0.1) is 0 Å². The number of carboxylic acids is 1. The first kappa shape index (κ1) is 23.0. The first-order valence-corrected chi connectivity index (χ1v) is 10.4. The minimum absolute atomic E-state index is 0.000305. The van der Waals surface area contributed by atoms with Gasteiger partial charge in [-0.2, -0.15) is 0 Å². The molecule has 32 heavy (non-hydrogen) atoms. The number of methoxy groups -OCH3 is 1. The highest BCUT2D eigenvalue weighted by Crippen LogP contribution is 2.41. The molecule has 0 bridgehead atoms. The molecule has 0 radical (unpaired) electrons. The van der Waals surface area contributed by atoms with Crippen LogP contribution in [0.5, 0.6) is 11.5 Å². The number of carbonyl (C=O) groups is 2. The summed E-state index contributed by atoms with van der Waals surface area (Å²) >= 11 is 1.14. The predicted molar refractivity (Wildman–Crippen MR) is 122 cm³/mol. The fourth-order valence-electron chi connectivity index (χ4n) is 2.80. The molecule has 0 unspecified atom stereocenters. The molecule has 2 N–H and O–H groups in total. The smallest absolute Gasteiger partial charge is 0.344 e. The summed E-state index contributed by atoms with van der Waals surface area (Å²) in [6.07, 6.45) is 1.66. The van der Waals surface area contributed by atoms with Crippen LogP contribution in [0.3, 0.4) is 0 Å². The number of aliphatic hydroxyl groups excluding tert-OH is 1. The summed E-state index contributed by atoms with van der Waals surface area (Å²) in [4.78, 5) is 28.1. The third kappa shape index (κ3) is 5.50. The molecular weight excluding hydrogens is 434 g/mol. The number of aliphatic hydroxyl groups is 1. The first-order chi connectivity index (χ1) is 15.4. The van der Waals surface area contributed by atoms with Crippen LogP contribution in [-0.4, -0.2) is 47.5 Å². The summed E-state index contributed by atoms with van der Waals surface area (Å²) < 4.78 is 15.6. The molecule has 3 rings (SSSR count). The van der Waals surface area contributed by atoms with Crippen molar-refractivity contribution in [2.45, 2.75) is 6.92 Å². The van der Waals surface area contributed by atoms with E-state index < -0.39 is 18.5 Å². The molecule has 0 amide bonds. The second-order valence-corrected chi connectivity index (χ2v) is 7.43. The highest BCUT2D eigenvalue weighted by molar-refractivity contribution is 8.18. The van der Waals surface area contributed by atoms with E-state index >= 15 is 0 Å². The molecule has 0 spiro atoms. The van der Waals surface area contributed by atoms with Gasteiger partial charge < -0.3 is 24.4 Å². The van der Waals surface area contributed by atoms with E-state index in [2.05, 4.69) is 4.99 Å². The maximum Gasteiger partial charge on any atom is 0.344 e. The SMILES string of the molecule is CCOC(=O)C1=C(O)/C(=C/c2ccc(OCC(=O)O)c(OC)c2)SC1=Nc1ccccc1. The topological polar surface area (TPSA) is 115 Å². The highest BCUT2D eigenvalue weighted by atomic mass is 32.2. The lowest BCUT2D eigenvalue weighted by Crippen LogP contribution is -2.12. The Kier molecular flexibility index (Phi) is 7.56. The molecule has 0 atom stereocenters. The van der Waals surface area contributed by atoms with Crippen LogP contribution in [0.15, 0.2) is 69.8 Å². The summed E-state index contributed by atoms with van der Waals surface area (Å²) in [5, 5.41) is 19.9. The number of hydrogen-bond acceptors (Lipinski definition) is 8. The minimum Gasteiger partial charge on any atom is -0.506 e. The van der Waals surface area contributed by atoms with Gasteiger partial charge in [-0.1, -0.05) is 36.0 Å². The Labute approximate surface area is 188 Å². The van der Waals surface area contributed by atoms with Crippen molar-refractivity contribution in [3.05, 3.63) is 70.3 Å². The minimum atomic E-state index is -1.10. The molecular formula is C23H21NO7S. The standard InChI is InChI=1S/C23H21NO7S/c1-3-30-23(28)20-21(27)18(32-22(20)24-15-7-5-4-6-8-15)12-14-9-10-16(17(11-14)29-2)31-13-19(25)26/h4-12,27H,3,13H2,1-2H3,(H,25,26)/b18-12-,24-22?. The molecule has 1 heterocycles. The van der Waals surface area contributed by atoms with Gasteiger partial charge in [-0.25, -0.2) is 14.6 Å². The number of ether oxygens (including phenoxy) is 3. The number of benzene rings is 2. The van der Waals surface area contributed by atoms with E-state index in [-0.39, 0.29) is 23.7 Å². The lowest BCUT2D eigenvalue weighted by atomic mass is 10.1. The van der Waals surface area contributed by atoms with E-state index in [9.17, 15) is 14.7 Å². The Bertz CT molecular complexity index is 1110. The monoisotopic (exact) mass is 455 g/mol. The largest absolute Gasteiger partial charge is 0.506 e. The van der Waals surface area contributed by atoms with Gasteiger partial charge in [-0.3, -0.25) is 0 Å². The lowest BCUT2D eigenvalue weighted by Gasteiger charge is -2.10. The van der Waals surface area contributed by atoms with Crippen molar-refractivity contribution in [2.75, 3.05) is 20.3 Å². The predicted octanol–water partition coefficient (Wildman–Crippen LogP) is 4.35. The van der Waals surface area contributed by atoms with Gasteiger partial charge in [0.2, 0.25) is 0 Å². The van der Waals surface area contributed by atoms with E-state index in [1.807, 2.05) is 18.2 Å². The average Bonchev–Trinajstić information content (AvgIpc) is 3.08. The lowest BCUT2D eigenvalue weighted by molar-refractivity contribution is -0.139. The number of hydrogen-bond donors (Lipinski definition) is 2. The number of rotatable bonds is 8. The summed E-state index contributed by atoms with van der Waals surface area (Å²) in [7, 11) is 1.44. The molecule has 1 aliphatic heterocycles. The van der Waals surface area contributed by atoms with Crippen molar-refractivity contribution in [3.8, 4) is 11.5 Å². The van der Waals surface area contributed by atoms with Gasteiger partial charge in [0.15, 0.2) is 18.1 Å². The second-order valence-electron chi connectivity index (χ2n) is 6.40. The summed E-state index contributed by atoms with van der Waals surface area (Å²) in [5.74, 6) is -1.39. The number of para-hydroxylation sites is 1.